The Morgan fingerprint density at radius 2 is 1.93 bits per heavy atom. The number of benzene rings is 2. The minimum absolute atomic E-state index is 0.0619. The van der Waals surface area contributed by atoms with Crippen molar-refractivity contribution in [3.8, 4) is 17.2 Å². The SMILES string of the molecule is CC(C)(/C=C/C(=O)O)[C@H](OC(=O)Nc1ccc2c(c1)OCO2)c1cc(I)ccc1O. The molecule has 1 amide bonds. The molecule has 1 aliphatic heterocycles. The van der Waals surface area contributed by atoms with Crippen LogP contribution in [0.25, 0.3) is 0 Å². The second-order valence-corrected chi connectivity index (χ2v) is 8.42. The maximum absolute atomic E-state index is 12.6. The molecule has 1 atom stereocenters. The Hall–Kier alpha value is -2.95. The third kappa shape index (κ3) is 5.15. The Kier molecular flexibility index (Phi) is 6.40. The molecule has 0 saturated heterocycles. The van der Waals surface area contributed by atoms with Gasteiger partial charge in [0.2, 0.25) is 6.79 Å². The zero-order valence-electron chi connectivity index (χ0n) is 16.2. The van der Waals surface area contributed by atoms with Crippen molar-refractivity contribution in [1.82, 2.24) is 0 Å². The molecule has 1 aliphatic rings. The third-order valence-electron chi connectivity index (χ3n) is 4.45. The molecule has 3 rings (SSSR count). The number of carboxylic acid groups (broad SMARTS) is 1. The van der Waals surface area contributed by atoms with Gasteiger partial charge in [0.15, 0.2) is 11.5 Å². The maximum Gasteiger partial charge on any atom is 0.412 e. The number of carboxylic acids is 1. The number of carbonyl (C=O) groups is 2. The molecule has 8 nitrogen and oxygen atoms in total. The monoisotopic (exact) mass is 525 g/mol. The van der Waals surface area contributed by atoms with Gasteiger partial charge in [-0.05, 0) is 52.9 Å². The van der Waals surface area contributed by atoms with Crippen molar-refractivity contribution in [2.75, 3.05) is 12.1 Å². The van der Waals surface area contributed by atoms with E-state index in [0.717, 1.165) is 9.65 Å². The molecule has 2 aromatic rings. The highest BCUT2D eigenvalue weighted by Gasteiger charge is 2.34. The number of aromatic hydroxyl groups is 1. The van der Waals surface area contributed by atoms with Crippen LogP contribution in [-0.2, 0) is 9.53 Å². The van der Waals surface area contributed by atoms with Crippen LogP contribution in [0.1, 0.15) is 25.5 Å². The standard InChI is InChI=1S/C21H20INO7/c1-21(2,8-7-18(25)26)19(14-9-12(22)3-5-15(14)24)30-20(27)23-13-4-6-16-17(10-13)29-11-28-16/h3-10,19,24H,11H2,1-2H3,(H,23,27)(H,25,26)/b8-7+/t19-/m1/s1. The fourth-order valence-corrected chi connectivity index (χ4v) is 3.47. The van der Waals surface area contributed by atoms with Crippen LogP contribution in [0.15, 0.2) is 48.6 Å². The second kappa shape index (κ2) is 8.82. The van der Waals surface area contributed by atoms with Crippen molar-refractivity contribution in [3.63, 3.8) is 0 Å². The lowest BCUT2D eigenvalue weighted by atomic mass is 9.81. The first-order valence-corrected chi connectivity index (χ1v) is 10.0. The van der Waals surface area contributed by atoms with Crippen LogP contribution in [0.3, 0.4) is 0 Å². The molecule has 0 bridgehead atoms. The molecule has 0 fully saturated rings. The number of aliphatic carboxylic acids is 1. The van der Waals surface area contributed by atoms with E-state index in [0.29, 0.717) is 22.7 Å². The summed E-state index contributed by atoms with van der Waals surface area (Å²) in [4.78, 5) is 23.7. The molecule has 0 aliphatic carbocycles. The van der Waals surface area contributed by atoms with E-state index in [-0.39, 0.29) is 12.5 Å². The summed E-state index contributed by atoms with van der Waals surface area (Å²) < 4.78 is 17.0. The van der Waals surface area contributed by atoms with Gasteiger partial charge < -0.3 is 24.4 Å². The summed E-state index contributed by atoms with van der Waals surface area (Å²) in [7, 11) is 0. The summed E-state index contributed by atoms with van der Waals surface area (Å²) in [5, 5.41) is 22.0. The number of hydrogen-bond donors (Lipinski definition) is 3. The number of ether oxygens (including phenoxy) is 3. The lowest BCUT2D eigenvalue weighted by molar-refractivity contribution is -0.131. The van der Waals surface area contributed by atoms with Crippen LogP contribution >= 0.6 is 22.6 Å². The van der Waals surface area contributed by atoms with Crippen molar-refractivity contribution < 1.29 is 34.0 Å². The minimum Gasteiger partial charge on any atom is -0.508 e. The lowest BCUT2D eigenvalue weighted by Crippen LogP contribution is -2.28. The number of hydrogen-bond acceptors (Lipinski definition) is 6. The molecular weight excluding hydrogens is 505 g/mol. The molecule has 0 unspecified atom stereocenters. The van der Waals surface area contributed by atoms with Gasteiger partial charge in [-0.3, -0.25) is 5.32 Å². The largest absolute Gasteiger partial charge is 0.508 e. The molecule has 0 spiro atoms. The van der Waals surface area contributed by atoms with E-state index < -0.39 is 23.6 Å². The number of phenolic OH excluding ortho intramolecular Hbond substituents is 1. The first-order valence-electron chi connectivity index (χ1n) is 8.93. The summed E-state index contributed by atoms with van der Waals surface area (Å²) >= 11 is 2.08. The zero-order valence-corrected chi connectivity index (χ0v) is 18.4. The smallest absolute Gasteiger partial charge is 0.412 e. The van der Waals surface area contributed by atoms with Crippen LogP contribution in [0, 0.1) is 8.99 Å². The highest BCUT2D eigenvalue weighted by Crippen LogP contribution is 2.42. The molecule has 3 N–H and O–H groups in total. The van der Waals surface area contributed by atoms with Gasteiger partial charge >= 0.3 is 12.1 Å². The van der Waals surface area contributed by atoms with E-state index in [4.69, 9.17) is 19.3 Å². The Morgan fingerprint density at radius 1 is 1.20 bits per heavy atom. The van der Waals surface area contributed by atoms with Gasteiger partial charge in [0.05, 0.1) is 0 Å². The molecule has 2 aromatic carbocycles. The highest BCUT2D eigenvalue weighted by molar-refractivity contribution is 14.1. The number of rotatable bonds is 6. The number of fused-ring (bicyclic) bond motifs is 1. The lowest BCUT2D eigenvalue weighted by Gasteiger charge is -2.32. The van der Waals surface area contributed by atoms with Crippen LogP contribution < -0.4 is 14.8 Å². The average molecular weight is 525 g/mol. The predicted octanol–water partition coefficient (Wildman–Crippen LogP) is 4.68. The molecule has 0 saturated carbocycles. The fraction of sp³-hybridized carbons (Fsp3) is 0.238. The van der Waals surface area contributed by atoms with Crippen LogP contribution in [-0.4, -0.2) is 29.1 Å². The van der Waals surface area contributed by atoms with Crippen LogP contribution in [0.4, 0.5) is 10.5 Å². The van der Waals surface area contributed by atoms with Gasteiger partial charge in [0.25, 0.3) is 0 Å². The number of phenols is 1. The molecular formula is C21H20INO7. The van der Waals surface area contributed by atoms with E-state index in [9.17, 15) is 14.7 Å². The second-order valence-electron chi connectivity index (χ2n) is 7.17. The maximum atomic E-state index is 12.6. The number of anilines is 1. The Balaban J connectivity index is 1.87. The van der Waals surface area contributed by atoms with Gasteiger partial charge in [-0.15, -0.1) is 0 Å². The molecule has 9 heteroatoms. The number of amides is 1. The topological polar surface area (TPSA) is 114 Å². The van der Waals surface area contributed by atoms with Crippen molar-refractivity contribution >= 4 is 40.3 Å². The van der Waals surface area contributed by atoms with Crippen molar-refractivity contribution in [2.24, 2.45) is 5.41 Å². The van der Waals surface area contributed by atoms with E-state index in [1.165, 1.54) is 12.1 Å². The van der Waals surface area contributed by atoms with Crippen LogP contribution in [0.2, 0.25) is 0 Å². The van der Waals surface area contributed by atoms with Gasteiger partial charge in [0, 0.05) is 32.4 Å². The minimum atomic E-state index is -1.13. The first-order chi connectivity index (χ1) is 14.2. The van der Waals surface area contributed by atoms with Crippen molar-refractivity contribution in [2.45, 2.75) is 20.0 Å². The number of carbonyl (C=O) groups excluding carboxylic acids is 1. The van der Waals surface area contributed by atoms with Crippen LogP contribution in [0.5, 0.6) is 17.2 Å². The Labute approximate surface area is 186 Å². The average Bonchev–Trinajstić information content (AvgIpc) is 3.14. The third-order valence-corrected chi connectivity index (χ3v) is 5.12. The first kappa shape index (κ1) is 21.8. The van der Waals surface area contributed by atoms with E-state index in [1.54, 1.807) is 44.2 Å². The fourth-order valence-electron chi connectivity index (χ4n) is 2.95. The van der Waals surface area contributed by atoms with Gasteiger partial charge in [-0.1, -0.05) is 19.9 Å². The highest BCUT2D eigenvalue weighted by atomic mass is 127. The van der Waals surface area contributed by atoms with E-state index in [1.807, 2.05) is 0 Å². The Morgan fingerprint density at radius 3 is 2.67 bits per heavy atom. The van der Waals surface area contributed by atoms with E-state index >= 15 is 0 Å². The van der Waals surface area contributed by atoms with Gasteiger partial charge in [-0.25, -0.2) is 9.59 Å². The summed E-state index contributed by atoms with van der Waals surface area (Å²) in [6.45, 7) is 3.54. The summed E-state index contributed by atoms with van der Waals surface area (Å²) in [6.07, 6.45) is 0.676. The van der Waals surface area contributed by atoms with Gasteiger partial charge in [0.1, 0.15) is 11.9 Å². The van der Waals surface area contributed by atoms with Crippen molar-refractivity contribution in [1.29, 1.82) is 0 Å². The zero-order chi connectivity index (χ0) is 21.9. The number of nitrogens with one attached hydrogen (secondary N) is 1. The normalized spacial score (nSPS) is 13.8. The summed E-state index contributed by atoms with van der Waals surface area (Å²) in [5.74, 6) is -0.105. The predicted molar refractivity (Wildman–Crippen MR) is 117 cm³/mol. The molecule has 1 heterocycles. The molecule has 30 heavy (non-hydrogen) atoms. The van der Waals surface area contributed by atoms with E-state index in [2.05, 4.69) is 27.9 Å². The van der Waals surface area contributed by atoms with Crippen molar-refractivity contribution in [3.05, 3.63) is 57.7 Å². The molecule has 0 radical (unpaired) electrons. The molecule has 158 valence electrons. The molecule has 0 aromatic heterocycles. The van der Waals surface area contributed by atoms with Gasteiger partial charge in [-0.2, -0.15) is 0 Å². The number of halogens is 1. The Bertz CT molecular complexity index is 1000. The quantitative estimate of drug-likeness (QED) is 0.371. The summed E-state index contributed by atoms with van der Waals surface area (Å²) in [6, 6.07) is 9.81. The summed E-state index contributed by atoms with van der Waals surface area (Å²) in [5.41, 5.74) is -0.136.